The first-order valence-electron chi connectivity index (χ1n) is 7.38. The summed E-state index contributed by atoms with van der Waals surface area (Å²) >= 11 is 1.89. The van der Waals surface area contributed by atoms with E-state index in [0.29, 0.717) is 13.2 Å². The van der Waals surface area contributed by atoms with Gasteiger partial charge in [-0.05, 0) is 25.0 Å². The molecule has 1 unspecified atom stereocenters. The van der Waals surface area contributed by atoms with E-state index in [9.17, 15) is 0 Å². The van der Waals surface area contributed by atoms with E-state index >= 15 is 0 Å². The fourth-order valence-electron chi connectivity index (χ4n) is 1.87. The molecule has 0 aromatic carbocycles. The lowest BCUT2D eigenvalue weighted by molar-refractivity contribution is 0.158. The molecular formula is C16H27NO2S. The summed E-state index contributed by atoms with van der Waals surface area (Å²) in [5.74, 6) is 2.14. The Hall–Kier alpha value is -0.580. The zero-order valence-corrected chi connectivity index (χ0v) is 13.3. The molecule has 0 heterocycles. The maximum atomic E-state index is 8.65. The fraction of sp³-hybridized carbons (Fsp3) is 0.688. The Kier molecular flexibility index (Phi) is 9.71. The molecule has 0 aromatic rings. The van der Waals surface area contributed by atoms with Crippen molar-refractivity contribution in [3.63, 3.8) is 0 Å². The van der Waals surface area contributed by atoms with Crippen molar-refractivity contribution in [2.45, 2.75) is 26.2 Å². The Morgan fingerprint density at radius 2 is 2.20 bits per heavy atom. The van der Waals surface area contributed by atoms with Crippen LogP contribution in [0.25, 0.3) is 0 Å². The lowest BCUT2D eigenvalue weighted by atomic mass is 9.85. The van der Waals surface area contributed by atoms with Crippen LogP contribution in [-0.4, -0.2) is 49.2 Å². The number of aliphatic hydroxyl groups excluding tert-OH is 1. The van der Waals surface area contributed by atoms with E-state index in [0.717, 1.165) is 43.9 Å². The van der Waals surface area contributed by atoms with Crippen molar-refractivity contribution in [2.24, 2.45) is 10.4 Å². The van der Waals surface area contributed by atoms with Gasteiger partial charge in [0.05, 0.1) is 19.8 Å². The van der Waals surface area contributed by atoms with E-state index in [-0.39, 0.29) is 5.41 Å². The molecule has 1 aliphatic rings. The molecule has 3 nitrogen and oxygen atoms in total. The predicted octanol–water partition coefficient (Wildman–Crippen LogP) is 3.10. The summed E-state index contributed by atoms with van der Waals surface area (Å²) in [5, 5.41) is 8.65. The molecule has 0 bridgehead atoms. The van der Waals surface area contributed by atoms with Crippen LogP contribution in [0.3, 0.4) is 0 Å². The Balaban J connectivity index is 1.92. The Morgan fingerprint density at radius 1 is 1.30 bits per heavy atom. The first-order chi connectivity index (χ1) is 9.77. The molecule has 0 spiro atoms. The van der Waals surface area contributed by atoms with E-state index in [1.165, 1.54) is 0 Å². The highest BCUT2D eigenvalue weighted by Crippen LogP contribution is 2.24. The largest absolute Gasteiger partial charge is 0.396 e. The first kappa shape index (κ1) is 17.5. The minimum Gasteiger partial charge on any atom is -0.396 e. The molecule has 20 heavy (non-hydrogen) atoms. The number of thioether (sulfide) groups is 1. The standard InChI is InChI=1S/C16H27NO2S/c1-16(7-3-2-4-8-16)15-17-9-11-19-12-14-20-13-6-5-10-18/h2-4,7,15,18H,5-6,8-14H2,1H3. The molecule has 0 saturated carbocycles. The van der Waals surface area contributed by atoms with Crippen molar-refractivity contribution in [1.29, 1.82) is 0 Å². The van der Waals surface area contributed by atoms with Crippen LogP contribution >= 0.6 is 11.8 Å². The van der Waals surface area contributed by atoms with E-state index in [1.807, 2.05) is 18.0 Å². The molecule has 0 aromatic heterocycles. The van der Waals surface area contributed by atoms with Crippen LogP contribution in [0.4, 0.5) is 0 Å². The average molecular weight is 297 g/mol. The van der Waals surface area contributed by atoms with Crippen LogP contribution in [-0.2, 0) is 4.74 Å². The highest BCUT2D eigenvalue weighted by Gasteiger charge is 2.17. The molecule has 1 aliphatic carbocycles. The number of allylic oxidation sites excluding steroid dienone is 4. The SMILES string of the molecule is CC1(C=NCCOCCSCCCCO)C=CC=CC1. The molecule has 1 N–H and O–H groups in total. The lowest BCUT2D eigenvalue weighted by Gasteiger charge is -2.20. The first-order valence-corrected chi connectivity index (χ1v) is 8.54. The molecule has 4 heteroatoms. The van der Waals surface area contributed by atoms with Gasteiger partial charge >= 0.3 is 0 Å². The molecule has 1 atom stereocenters. The number of aliphatic hydroxyl groups is 1. The smallest absolute Gasteiger partial charge is 0.0662 e. The molecule has 0 amide bonds. The second-order valence-electron chi connectivity index (χ2n) is 5.19. The zero-order chi connectivity index (χ0) is 14.5. The van der Waals surface area contributed by atoms with Crippen LogP contribution in [0.5, 0.6) is 0 Å². The molecule has 0 radical (unpaired) electrons. The van der Waals surface area contributed by atoms with Gasteiger partial charge in [0.15, 0.2) is 0 Å². The van der Waals surface area contributed by atoms with Gasteiger partial charge in [-0.15, -0.1) is 0 Å². The van der Waals surface area contributed by atoms with Gasteiger partial charge in [-0.3, -0.25) is 4.99 Å². The normalized spacial score (nSPS) is 21.9. The summed E-state index contributed by atoms with van der Waals surface area (Å²) in [6, 6.07) is 0. The topological polar surface area (TPSA) is 41.8 Å². The highest BCUT2D eigenvalue weighted by atomic mass is 32.2. The maximum absolute atomic E-state index is 8.65. The number of hydrogen-bond donors (Lipinski definition) is 1. The third kappa shape index (κ3) is 8.56. The van der Waals surface area contributed by atoms with Gasteiger partial charge in [-0.1, -0.05) is 31.2 Å². The molecule has 0 saturated heterocycles. The lowest BCUT2D eigenvalue weighted by Crippen LogP contribution is -2.16. The molecule has 0 fully saturated rings. The second-order valence-corrected chi connectivity index (χ2v) is 6.41. The third-order valence-electron chi connectivity index (χ3n) is 3.10. The van der Waals surface area contributed by atoms with E-state index < -0.39 is 0 Å². The summed E-state index contributed by atoms with van der Waals surface area (Å²) in [7, 11) is 0. The number of aliphatic imine (C=N–C) groups is 1. The number of hydrogen-bond acceptors (Lipinski definition) is 4. The Bertz CT molecular complexity index is 328. The highest BCUT2D eigenvalue weighted by molar-refractivity contribution is 7.99. The average Bonchev–Trinajstić information content (AvgIpc) is 2.45. The van der Waals surface area contributed by atoms with Crippen LogP contribution in [0, 0.1) is 5.41 Å². The van der Waals surface area contributed by atoms with Crippen LogP contribution in [0.15, 0.2) is 29.3 Å². The second kappa shape index (κ2) is 11.1. The summed E-state index contributed by atoms with van der Waals surface area (Å²) in [6.45, 7) is 4.73. The van der Waals surface area contributed by atoms with Gasteiger partial charge in [0, 0.05) is 24.0 Å². The van der Waals surface area contributed by atoms with Crippen LogP contribution in [0.2, 0.25) is 0 Å². The predicted molar refractivity (Wildman–Crippen MR) is 88.8 cm³/mol. The minimum atomic E-state index is 0.0807. The summed E-state index contributed by atoms with van der Waals surface area (Å²) in [5.41, 5.74) is 0.0807. The van der Waals surface area contributed by atoms with Crippen molar-refractivity contribution in [3.05, 3.63) is 24.3 Å². The fourth-order valence-corrected chi connectivity index (χ4v) is 2.72. The van der Waals surface area contributed by atoms with Gasteiger partial charge < -0.3 is 9.84 Å². The number of unbranched alkanes of at least 4 members (excludes halogenated alkanes) is 1. The quantitative estimate of drug-likeness (QED) is 0.471. The molecule has 0 aliphatic heterocycles. The van der Waals surface area contributed by atoms with E-state index in [2.05, 4.69) is 36.2 Å². The van der Waals surface area contributed by atoms with Gasteiger partial charge in [-0.2, -0.15) is 11.8 Å². The summed E-state index contributed by atoms with van der Waals surface area (Å²) in [6.07, 6.45) is 13.6. The van der Waals surface area contributed by atoms with Crippen molar-refractivity contribution in [2.75, 3.05) is 37.9 Å². The van der Waals surface area contributed by atoms with Crippen molar-refractivity contribution in [3.8, 4) is 0 Å². The van der Waals surface area contributed by atoms with Gasteiger partial charge in [0.2, 0.25) is 0 Å². The van der Waals surface area contributed by atoms with Gasteiger partial charge in [0.25, 0.3) is 0 Å². The number of nitrogens with zero attached hydrogens (tertiary/aromatic N) is 1. The van der Waals surface area contributed by atoms with Crippen molar-refractivity contribution in [1.82, 2.24) is 0 Å². The maximum Gasteiger partial charge on any atom is 0.0662 e. The molecular weight excluding hydrogens is 270 g/mol. The van der Waals surface area contributed by atoms with E-state index in [1.54, 1.807) is 0 Å². The van der Waals surface area contributed by atoms with Crippen LogP contribution < -0.4 is 0 Å². The number of rotatable bonds is 11. The van der Waals surface area contributed by atoms with E-state index in [4.69, 9.17) is 9.84 Å². The zero-order valence-electron chi connectivity index (χ0n) is 12.5. The van der Waals surface area contributed by atoms with Crippen LogP contribution in [0.1, 0.15) is 26.2 Å². The summed E-state index contributed by atoms with van der Waals surface area (Å²) in [4.78, 5) is 4.46. The van der Waals surface area contributed by atoms with Gasteiger partial charge in [0.1, 0.15) is 0 Å². The third-order valence-corrected chi connectivity index (χ3v) is 4.13. The summed E-state index contributed by atoms with van der Waals surface area (Å²) < 4.78 is 5.55. The van der Waals surface area contributed by atoms with Gasteiger partial charge in [-0.25, -0.2) is 0 Å². The number of ether oxygens (including phenoxy) is 1. The van der Waals surface area contributed by atoms with Crippen molar-refractivity contribution >= 4 is 18.0 Å². The monoisotopic (exact) mass is 297 g/mol. The molecule has 114 valence electrons. The van der Waals surface area contributed by atoms with Crippen molar-refractivity contribution < 1.29 is 9.84 Å². The Morgan fingerprint density at radius 3 is 2.95 bits per heavy atom. The molecule has 1 rings (SSSR count). The minimum absolute atomic E-state index is 0.0807. The Labute approximate surface area is 127 Å².